The lowest BCUT2D eigenvalue weighted by atomic mass is 9.97. The van der Waals surface area contributed by atoms with E-state index in [2.05, 4.69) is 6.92 Å². The highest BCUT2D eigenvalue weighted by molar-refractivity contribution is 7.92. The summed E-state index contributed by atoms with van der Waals surface area (Å²) < 4.78 is 40.3. The van der Waals surface area contributed by atoms with Gasteiger partial charge in [-0.05, 0) is 67.1 Å². The summed E-state index contributed by atoms with van der Waals surface area (Å²) in [4.78, 5) is 0.291. The molecule has 31 heavy (non-hydrogen) atoms. The van der Waals surface area contributed by atoms with Crippen LogP contribution in [0.5, 0.6) is 0 Å². The van der Waals surface area contributed by atoms with E-state index < -0.39 is 10.0 Å². The van der Waals surface area contributed by atoms with E-state index in [1.165, 1.54) is 9.87 Å². The number of nitrogens with zero attached hydrogens (tertiary/aromatic N) is 1. The molecule has 3 aromatic rings. The summed E-state index contributed by atoms with van der Waals surface area (Å²) >= 11 is 0. The summed E-state index contributed by atoms with van der Waals surface area (Å²) in [6.45, 7) is 8.05. The SMILES string of the molecule is CCc1ccc(N(CC(C)C)S(=O)(=O)c2ccc3oc(C4CCOCC4)cc3c2)cc1. The topological polar surface area (TPSA) is 59.8 Å². The number of anilines is 1. The predicted molar refractivity (Wildman–Crippen MR) is 124 cm³/mol. The van der Waals surface area contributed by atoms with Crippen LogP contribution in [-0.2, 0) is 21.2 Å². The third kappa shape index (κ3) is 4.65. The van der Waals surface area contributed by atoms with Crippen molar-refractivity contribution in [2.45, 2.75) is 50.8 Å². The summed E-state index contributed by atoms with van der Waals surface area (Å²) in [6.07, 6.45) is 2.78. The number of hydrogen-bond acceptors (Lipinski definition) is 4. The maximum atomic E-state index is 13.7. The predicted octanol–water partition coefficient (Wildman–Crippen LogP) is 5.74. The maximum absolute atomic E-state index is 13.7. The standard InChI is InChI=1S/C25H31NO4S/c1-4-19-5-7-22(8-6-19)26(17-18(2)3)31(27,28)23-9-10-24-21(15-23)16-25(30-24)20-11-13-29-14-12-20/h5-10,15-16,18,20H,4,11-14,17H2,1-3H3. The van der Waals surface area contributed by atoms with Crippen molar-refractivity contribution in [3.63, 3.8) is 0 Å². The normalized spacial score (nSPS) is 15.6. The Balaban J connectivity index is 1.69. The van der Waals surface area contributed by atoms with Crippen molar-refractivity contribution in [3.05, 3.63) is 59.9 Å². The van der Waals surface area contributed by atoms with Gasteiger partial charge in [-0.15, -0.1) is 0 Å². The molecule has 166 valence electrons. The highest BCUT2D eigenvalue weighted by atomic mass is 32.2. The zero-order valence-corrected chi connectivity index (χ0v) is 19.3. The van der Waals surface area contributed by atoms with Crippen molar-refractivity contribution in [1.82, 2.24) is 0 Å². The van der Waals surface area contributed by atoms with Crippen molar-refractivity contribution in [2.24, 2.45) is 5.92 Å². The van der Waals surface area contributed by atoms with Gasteiger partial charge in [-0.2, -0.15) is 0 Å². The molecule has 5 nitrogen and oxygen atoms in total. The molecule has 0 radical (unpaired) electrons. The molecule has 0 N–H and O–H groups in total. The molecule has 1 aliphatic heterocycles. The summed E-state index contributed by atoms with van der Waals surface area (Å²) in [5.74, 6) is 1.44. The van der Waals surface area contributed by atoms with Crippen LogP contribution < -0.4 is 4.31 Å². The Morgan fingerprint density at radius 1 is 1.03 bits per heavy atom. The average molecular weight is 442 g/mol. The summed E-state index contributed by atoms with van der Waals surface area (Å²) in [6, 6.07) is 15.0. The van der Waals surface area contributed by atoms with E-state index in [0.717, 1.165) is 49.2 Å². The number of ether oxygens (including phenoxy) is 1. The molecule has 0 bridgehead atoms. The molecule has 0 spiro atoms. The second kappa shape index (κ2) is 9.05. The van der Waals surface area contributed by atoms with Crippen LogP contribution in [0.4, 0.5) is 5.69 Å². The molecule has 1 aromatic heterocycles. The molecular formula is C25H31NO4S. The van der Waals surface area contributed by atoms with E-state index in [1.807, 2.05) is 44.2 Å². The van der Waals surface area contributed by atoms with Crippen LogP contribution in [-0.4, -0.2) is 28.2 Å². The van der Waals surface area contributed by atoms with Gasteiger partial charge in [0.2, 0.25) is 0 Å². The molecule has 0 amide bonds. The molecule has 2 heterocycles. The van der Waals surface area contributed by atoms with Crippen molar-refractivity contribution in [3.8, 4) is 0 Å². The fourth-order valence-electron chi connectivity index (χ4n) is 4.08. The Labute approximate surface area is 185 Å². The van der Waals surface area contributed by atoms with E-state index in [9.17, 15) is 8.42 Å². The molecule has 1 aliphatic rings. The number of hydrogen-bond donors (Lipinski definition) is 0. The quantitative estimate of drug-likeness (QED) is 0.469. The molecule has 0 aliphatic carbocycles. The Bertz CT molecular complexity index is 1130. The summed E-state index contributed by atoms with van der Waals surface area (Å²) in [5.41, 5.74) is 2.61. The van der Waals surface area contributed by atoms with Crippen molar-refractivity contribution < 1.29 is 17.6 Å². The van der Waals surface area contributed by atoms with Gasteiger partial charge in [-0.25, -0.2) is 8.42 Å². The minimum atomic E-state index is -3.70. The highest BCUT2D eigenvalue weighted by Crippen LogP contribution is 2.33. The lowest BCUT2D eigenvalue weighted by Crippen LogP contribution is -2.34. The van der Waals surface area contributed by atoms with Crippen LogP contribution in [0.3, 0.4) is 0 Å². The van der Waals surface area contributed by atoms with Crippen LogP contribution >= 0.6 is 0 Å². The van der Waals surface area contributed by atoms with Crippen LogP contribution in [0.25, 0.3) is 11.0 Å². The molecule has 2 aromatic carbocycles. The van der Waals surface area contributed by atoms with Gasteiger partial charge in [-0.3, -0.25) is 4.31 Å². The van der Waals surface area contributed by atoms with E-state index in [0.29, 0.717) is 23.0 Å². The first-order valence-electron chi connectivity index (χ1n) is 11.1. The Kier molecular flexibility index (Phi) is 6.39. The van der Waals surface area contributed by atoms with Gasteiger partial charge in [-0.1, -0.05) is 32.9 Å². The molecule has 0 saturated carbocycles. The number of rotatable bonds is 7. The summed E-state index contributed by atoms with van der Waals surface area (Å²) in [5, 5.41) is 0.827. The zero-order chi connectivity index (χ0) is 22.0. The van der Waals surface area contributed by atoms with Gasteiger partial charge in [0.05, 0.1) is 10.6 Å². The fraction of sp³-hybridized carbons (Fsp3) is 0.440. The fourth-order valence-corrected chi connectivity index (χ4v) is 5.75. The number of sulfonamides is 1. The highest BCUT2D eigenvalue weighted by Gasteiger charge is 2.27. The molecule has 6 heteroatoms. The largest absolute Gasteiger partial charge is 0.461 e. The molecule has 4 rings (SSSR count). The maximum Gasteiger partial charge on any atom is 0.264 e. The van der Waals surface area contributed by atoms with Gasteiger partial charge < -0.3 is 9.15 Å². The van der Waals surface area contributed by atoms with Gasteiger partial charge >= 0.3 is 0 Å². The monoisotopic (exact) mass is 441 g/mol. The van der Waals surface area contributed by atoms with E-state index >= 15 is 0 Å². The van der Waals surface area contributed by atoms with Crippen LogP contribution in [0, 0.1) is 5.92 Å². The minimum Gasteiger partial charge on any atom is -0.461 e. The van der Waals surface area contributed by atoms with E-state index in [4.69, 9.17) is 9.15 Å². The zero-order valence-electron chi connectivity index (χ0n) is 18.5. The lowest BCUT2D eigenvalue weighted by Gasteiger charge is -2.26. The van der Waals surface area contributed by atoms with Gasteiger partial charge in [0.15, 0.2) is 0 Å². The molecule has 0 atom stereocenters. The first-order valence-corrected chi connectivity index (χ1v) is 12.6. The number of fused-ring (bicyclic) bond motifs is 1. The number of benzene rings is 2. The first kappa shape index (κ1) is 21.9. The smallest absolute Gasteiger partial charge is 0.264 e. The van der Waals surface area contributed by atoms with Crippen molar-refractivity contribution >= 4 is 26.7 Å². The molecular weight excluding hydrogens is 410 g/mol. The van der Waals surface area contributed by atoms with Crippen molar-refractivity contribution in [1.29, 1.82) is 0 Å². The molecule has 0 unspecified atom stereocenters. The Morgan fingerprint density at radius 2 is 1.74 bits per heavy atom. The molecule has 1 saturated heterocycles. The number of furan rings is 1. The van der Waals surface area contributed by atoms with Gasteiger partial charge in [0.25, 0.3) is 10.0 Å². The third-order valence-electron chi connectivity index (χ3n) is 5.88. The lowest BCUT2D eigenvalue weighted by molar-refractivity contribution is 0.0810. The summed E-state index contributed by atoms with van der Waals surface area (Å²) in [7, 11) is -3.70. The average Bonchev–Trinajstić information content (AvgIpc) is 3.21. The third-order valence-corrected chi connectivity index (χ3v) is 7.67. The Morgan fingerprint density at radius 3 is 2.39 bits per heavy atom. The van der Waals surface area contributed by atoms with E-state index in [1.54, 1.807) is 18.2 Å². The minimum absolute atomic E-state index is 0.193. The number of aryl methyl sites for hydroxylation is 1. The van der Waals surface area contributed by atoms with Crippen LogP contribution in [0.1, 0.15) is 50.9 Å². The van der Waals surface area contributed by atoms with Crippen LogP contribution in [0.2, 0.25) is 0 Å². The van der Waals surface area contributed by atoms with Crippen molar-refractivity contribution in [2.75, 3.05) is 24.1 Å². The first-order chi connectivity index (χ1) is 14.9. The van der Waals surface area contributed by atoms with Gasteiger partial charge in [0.1, 0.15) is 11.3 Å². The Hall–Kier alpha value is -2.31. The second-order valence-electron chi connectivity index (χ2n) is 8.69. The second-order valence-corrected chi connectivity index (χ2v) is 10.5. The van der Waals surface area contributed by atoms with Gasteiger partial charge in [0, 0.05) is 31.1 Å². The van der Waals surface area contributed by atoms with E-state index in [-0.39, 0.29) is 5.92 Å². The van der Waals surface area contributed by atoms with Crippen LogP contribution in [0.15, 0.2) is 57.8 Å². The molecule has 1 fully saturated rings.